The number of sulfonamides is 1. The van der Waals surface area contributed by atoms with Gasteiger partial charge in [0.1, 0.15) is 0 Å². The molecule has 4 nitrogen and oxygen atoms in total. The van der Waals surface area contributed by atoms with E-state index in [0.717, 1.165) is 21.9 Å². The van der Waals surface area contributed by atoms with Crippen LogP contribution < -0.4 is 5.32 Å². The first-order valence-corrected chi connectivity index (χ1v) is 10.3. The molecule has 0 saturated heterocycles. The molecule has 0 aliphatic heterocycles. The minimum atomic E-state index is -3.09. The van der Waals surface area contributed by atoms with Crippen LogP contribution in [0, 0.1) is 0 Å². The van der Waals surface area contributed by atoms with Crippen LogP contribution in [-0.2, 0) is 10.0 Å². The lowest BCUT2D eigenvalue weighted by molar-refractivity contribution is 0.413. The molecule has 1 N–H and O–H groups in total. The molecule has 0 fully saturated rings. The fraction of sp³-hybridized carbons (Fsp3) is 0.571. The Bertz CT molecular complexity index is 564. The van der Waals surface area contributed by atoms with Crippen molar-refractivity contribution in [1.29, 1.82) is 0 Å². The van der Waals surface area contributed by atoms with Crippen LogP contribution >= 0.6 is 31.9 Å². The van der Waals surface area contributed by atoms with Gasteiger partial charge in [-0.3, -0.25) is 0 Å². The molecule has 1 aromatic carbocycles. The summed E-state index contributed by atoms with van der Waals surface area (Å²) < 4.78 is 26.6. The summed E-state index contributed by atoms with van der Waals surface area (Å²) in [5.74, 6) is 0. The molecule has 0 radical (unpaired) electrons. The predicted molar refractivity (Wildman–Crippen MR) is 95.0 cm³/mol. The van der Waals surface area contributed by atoms with Gasteiger partial charge in [-0.05, 0) is 37.6 Å². The zero-order valence-electron chi connectivity index (χ0n) is 12.6. The Hall–Kier alpha value is 0.0500. The largest absolute Gasteiger partial charge is 0.310 e. The van der Waals surface area contributed by atoms with Crippen molar-refractivity contribution < 1.29 is 8.42 Å². The molecule has 1 aromatic rings. The summed E-state index contributed by atoms with van der Waals surface area (Å²) in [6, 6.07) is 6.32. The second kappa shape index (κ2) is 8.62. The Kier molecular flexibility index (Phi) is 7.84. The first kappa shape index (κ1) is 19.1. The lowest BCUT2D eigenvalue weighted by Crippen LogP contribution is -2.32. The van der Waals surface area contributed by atoms with Gasteiger partial charge in [-0.15, -0.1) is 0 Å². The second-order valence-corrected chi connectivity index (χ2v) is 8.70. The molecular formula is C14H22Br2N2O2S. The summed E-state index contributed by atoms with van der Waals surface area (Å²) in [6.07, 6.45) is 2.05. The highest BCUT2D eigenvalue weighted by molar-refractivity contribution is 9.11. The Morgan fingerprint density at radius 3 is 2.52 bits per heavy atom. The molecule has 1 rings (SSSR count). The van der Waals surface area contributed by atoms with Gasteiger partial charge in [-0.1, -0.05) is 44.8 Å². The van der Waals surface area contributed by atoms with Crippen LogP contribution in [0.1, 0.15) is 31.9 Å². The summed E-state index contributed by atoms with van der Waals surface area (Å²) in [5, 5.41) is 3.42. The summed E-state index contributed by atoms with van der Waals surface area (Å²) in [5.41, 5.74) is 1.19. The number of rotatable bonds is 8. The van der Waals surface area contributed by atoms with Crippen molar-refractivity contribution in [3.8, 4) is 0 Å². The van der Waals surface area contributed by atoms with Gasteiger partial charge < -0.3 is 5.32 Å². The van der Waals surface area contributed by atoms with Crippen LogP contribution in [-0.4, -0.2) is 38.6 Å². The van der Waals surface area contributed by atoms with Crippen molar-refractivity contribution in [2.75, 3.05) is 25.9 Å². The van der Waals surface area contributed by atoms with Crippen molar-refractivity contribution in [1.82, 2.24) is 9.62 Å². The molecule has 1 atom stereocenters. The number of hydrogen-bond donors (Lipinski definition) is 1. The third kappa shape index (κ3) is 6.36. The molecule has 0 aliphatic rings. The average molecular weight is 442 g/mol. The monoisotopic (exact) mass is 440 g/mol. The van der Waals surface area contributed by atoms with E-state index >= 15 is 0 Å². The van der Waals surface area contributed by atoms with Gasteiger partial charge in [0.05, 0.1) is 6.26 Å². The normalized spacial score (nSPS) is 13.6. The average Bonchev–Trinajstić information content (AvgIpc) is 2.36. The Balaban J connectivity index is 2.45. The van der Waals surface area contributed by atoms with E-state index in [9.17, 15) is 8.42 Å². The van der Waals surface area contributed by atoms with E-state index in [1.54, 1.807) is 0 Å². The van der Waals surface area contributed by atoms with Crippen LogP contribution in [0.2, 0.25) is 0 Å². The number of hydrogen-bond acceptors (Lipinski definition) is 3. The Morgan fingerprint density at radius 2 is 2.00 bits per heavy atom. The summed E-state index contributed by atoms with van der Waals surface area (Å²) in [4.78, 5) is 0. The van der Waals surface area contributed by atoms with E-state index in [-0.39, 0.29) is 6.04 Å². The Morgan fingerprint density at radius 1 is 1.33 bits per heavy atom. The van der Waals surface area contributed by atoms with E-state index in [1.807, 2.05) is 19.1 Å². The zero-order valence-corrected chi connectivity index (χ0v) is 16.6. The van der Waals surface area contributed by atoms with E-state index in [4.69, 9.17) is 0 Å². The second-order valence-electron chi connectivity index (χ2n) is 4.95. The molecule has 1 unspecified atom stereocenters. The van der Waals surface area contributed by atoms with Gasteiger partial charge in [0.2, 0.25) is 10.0 Å². The van der Waals surface area contributed by atoms with Crippen LogP contribution in [0.5, 0.6) is 0 Å². The lowest BCUT2D eigenvalue weighted by atomic mass is 10.1. The van der Waals surface area contributed by atoms with Crippen molar-refractivity contribution >= 4 is 41.9 Å². The van der Waals surface area contributed by atoms with Gasteiger partial charge in [0.15, 0.2) is 0 Å². The van der Waals surface area contributed by atoms with Gasteiger partial charge in [0.25, 0.3) is 0 Å². The fourth-order valence-corrected chi connectivity index (χ4v) is 4.42. The topological polar surface area (TPSA) is 49.4 Å². The predicted octanol–water partition coefficient (Wildman–Crippen LogP) is 3.53. The molecule has 0 amide bonds. The summed E-state index contributed by atoms with van der Waals surface area (Å²) >= 11 is 7.00. The third-order valence-corrected chi connectivity index (χ3v) is 5.84. The minimum absolute atomic E-state index is 0.209. The molecule has 21 heavy (non-hydrogen) atoms. The zero-order chi connectivity index (χ0) is 16.0. The van der Waals surface area contributed by atoms with Crippen molar-refractivity contribution in [2.45, 2.75) is 26.3 Å². The highest BCUT2D eigenvalue weighted by Gasteiger charge is 2.14. The quantitative estimate of drug-likeness (QED) is 0.627. The minimum Gasteiger partial charge on any atom is -0.310 e. The molecule has 0 bridgehead atoms. The summed E-state index contributed by atoms with van der Waals surface area (Å²) in [6.45, 7) is 5.80. The smallest absolute Gasteiger partial charge is 0.211 e. The number of benzene rings is 1. The highest BCUT2D eigenvalue weighted by Crippen LogP contribution is 2.26. The summed E-state index contributed by atoms with van der Waals surface area (Å²) in [7, 11) is -3.09. The number of nitrogens with zero attached hydrogens (tertiary/aromatic N) is 1. The number of halogens is 2. The third-order valence-electron chi connectivity index (χ3n) is 3.29. The van der Waals surface area contributed by atoms with E-state index in [0.29, 0.717) is 13.1 Å². The van der Waals surface area contributed by atoms with Crippen molar-refractivity contribution in [3.63, 3.8) is 0 Å². The molecule has 0 saturated carbocycles. The first-order valence-electron chi connectivity index (χ1n) is 6.89. The van der Waals surface area contributed by atoms with E-state index in [1.165, 1.54) is 16.1 Å². The van der Waals surface area contributed by atoms with Crippen LogP contribution in [0.4, 0.5) is 0 Å². The molecule has 7 heteroatoms. The van der Waals surface area contributed by atoms with Crippen LogP contribution in [0.15, 0.2) is 27.1 Å². The van der Waals surface area contributed by atoms with Crippen LogP contribution in [0.3, 0.4) is 0 Å². The first-order chi connectivity index (χ1) is 9.75. The molecule has 0 heterocycles. The van der Waals surface area contributed by atoms with E-state index < -0.39 is 10.0 Å². The van der Waals surface area contributed by atoms with Gasteiger partial charge in [0, 0.05) is 28.1 Å². The molecule has 0 aromatic heterocycles. The maximum absolute atomic E-state index is 11.5. The number of nitrogens with one attached hydrogen (secondary N) is 1. The SMILES string of the molecule is CCN(CCCNC(C)c1ccc(Br)cc1Br)S(C)(=O)=O. The van der Waals surface area contributed by atoms with Crippen LogP contribution in [0.25, 0.3) is 0 Å². The van der Waals surface area contributed by atoms with Crippen molar-refractivity contribution in [2.24, 2.45) is 0 Å². The van der Waals surface area contributed by atoms with Gasteiger partial charge in [-0.2, -0.15) is 0 Å². The van der Waals surface area contributed by atoms with Gasteiger partial charge in [-0.25, -0.2) is 12.7 Å². The highest BCUT2D eigenvalue weighted by atomic mass is 79.9. The fourth-order valence-electron chi connectivity index (χ4n) is 2.10. The maximum atomic E-state index is 11.5. The molecule has 0 aliphatic carbocycles. The van der Waals surface area contributed by atoms with Crippen molar-refractivity contribution in [3.05, 3.63) is 32.7 Å². The molecule has 0 spiro atoms. The standard InChI is InChI=1S/C14H22Br2N2O2S/c1-4-18(21(3,19)20)9-5-8-17-11(2)13-7-6-12(15)10-14(13)16/h6-7,10-11,17H,4-5,8-9H2,1-3H3. The van der Waals surface area contributed by atoms with E-state index in [2.05, 4.69) is 50.2 Å². The van der Waals surface area contributed by atoms with Gasteiger partial charge >= 0.3 is 0 Å². The lowest BCUT2D eigenvalue weighted by Gasteiger charge is -2.19. The Labute approximate surface area is 144 Å². The molecular weight excluding hydrogens is 420 g/mol. The maximum Gasteiger partial charge on any atom is 0.211 e. The molecule has 120 valence electrons.